The first kappa shape index (κ1) is 18.0. The van der Waals surface area contributed by atoms with Crippen LogP contribution < -0.4 is 4.90 Å². The maximum atomic E-state index is 13.0. The summed E-state index contributed by atoms with van der Waals surface area (Å²) in [5.41, 5.74) is 1.65. The van der Waals surface area contributed by atoms with Crippen LogP contribution in [0.3, 0.4) is 0 Å². The maximum absolute atomic E-state index is 13.0. The minimum absolute atomic E-state index is 0.234. The van der Waals surface area contributed by atoms with Crippen molar-refractivity contribution in [3.05, 3.63) is 29.8 Å². The van der Waals surface area contributed by atoms with E-state index < -0.39 is 5.54 Å². The molecule has 128 valence electrons. The number of anilines is 1. The van der Waals surface area contributed by atoms with Gasteiger partial charge in [0.25, 0.3) is 0 Å². The largest absolute Gasteiger partial charge is 0.369 e. The molecule has 0 unspecified atom stereocenters. The third kappa shape index (κ3) is 3.59. The van der Waals surface area contributed by atoms with Crippen LogP contribution in [0.2, 0.25) is 0 Å². The topological polar surface area (TPSA) is 26.8 Å². The van der Waals surface area contributed by atoms with Gasteiger partial charge in [0.2, 0.25) is 0 Å². The van der Waals surface area contributed by atoms with Crippen LogP contribution in [-0.2, 0) is 0 Å². The van der Waals surface area contributed by atoms with Gasteiger partial charge in [-0.2, -0.15) is 0 Å². The van der Waals surface area contributed by atoms with Gasteiger partial charge in [0.05, 0.1) is 5.54 Å². The van der Waals surface area contributed by atoms with E-state index in [9.17, 15) is 4.79 Å². The molecule has 0 amide bonds. The van der Waals surface area contributed by atoms with Crippen LogP contribution in [0, 0.1) is 0 Å². The summed E-state index contributed by atoms with van der Waals surface area (Å²) in [5.74, 6) is 0.234. The van der Waals surface area contributed by atoms with E-state index >= 15 is 0 Å². The van der Waals surface area contributed by atoms with Gasteiger partial charge in [0.15, 0.2) is 5.78 Å². The molecule has 1 fully saturated rings. The summed E-state index contributed by atoms with van der Waals surface area (Å²) in [6.45, 7) is 8.48. The van der Waals surface area contributed by atoms with E-state index in [0.717, 1.165) is 44.6 Å². The number of piperazine rings is 1. The van der Waals surface area contributed by atoms with Crippen molar-refractivity contribution in [3.63, 3.8) is 0 Å². The van der Waals surface area contributed by atoms with Crippen molar-refractivity contribution in [2.75, 3.05) is 52.2 Å². The molecule has 4 nitrogen and oxygen atoms in total. The van der Waals surface area contributed by atoms with Crippen LogP contribution in [0.4, 0.5) is 5.69 Å². The minimum Gasteiger partial charge on any atom is -0.369 e. The third-order valence-corrected chi connectivity index (χ3v) is 5.45. The van der Waals surface area contributed by atoms with E-state index in [-0.39, 0.29) is 5.78 Å². The van der Waals surface area contributed by atoms with Crippen molar-refractivity contribution in [2.45, 2.75) is 32.2 Å². The van der Waals surface area contributed by atoms with Crippen LogP contribution in [0.25, 0.3) is 0 Å². The fourth-order valence-electron chi connectivity index (χ4n) is 3.56. The number of benzene rings is 1. The summed E-state index contributed by atoms with van der Waals surface area (Å²) >= 11 is 0. The Labute approximate surface area is 141 Å². The molecule has 1 aromatic rings. The molecule has 1 saturated heterocycles. The summed E-state index contributed by atoms with van der Waals surface area (Å²) in [6, 6.07) is 8.20. The Hall–Kier alpha value is -1.39. The van der Waals surface area contributed by atoms with Crippen LogP contribution in [0.1, 0.15) is 37.0 Å². The second kappa shape index (κ2) is 7.45. The molecule has 0 N–H and O–H groups in total. The Bertz CT molecular complexity index is 512. The van der Waals surface area contributed by atoms with Gasteiger partial charge in [-0.15, -0.1) is 0 Å². The van der Waals surface area contributed by atoms with Gasteiger partial charge in [0, 0.05) is 37.4 Å². The number of nitrogens with zero attached hydrogens (tertiary/aromatic N) is 3. The third-order valence-electron chi connectivity index (χ3n) is 5.45. The van der Waals surface area contributed by atoms with Crippen LogP contribution in [-0.4, -0.2) is 68.4 Å². The summed E-state index contributed by atoms with van der Waals surface area (Å²) in [6.07, 6.45) is 1.66. The average Bonchev–Trinajstić information content (AvgIpc) is 2.57. The normalized spacial score (nSPS) is 16.9. The number of hydrogen-bond acceptors (Lipinski definition) is 4. The second-order valence-electron chi connectivity index (χ2n) is 6.80. The van der Waals surface area contributed by atoms with E-state index in [1.165, 1.54) is 5.69 Å². The minimum atomic E-state index is -0.393. The van der Waals surface area contributed by atoms with Gasteiger partial charge in [-0.3, -0.25) is 9.69 Å². The Morgan fingerprint density at radius 2 is 1.57 bits per heavy atom. The molecule has 0 spiro atoms. The molecule has 0 bridgehead atoms. The Morgan fingerprint density at radius 3 is 2.00 bits per heavy atom. The lowest BCUT2D eigenvalue weighted by molar-refractivity contribution is 0.0656. The number of rotatable bonds is 6. The smallest absolute Gasteiger partial charge is 0.183 e. The molecule has 0 saturated carbocycles. The zero-order valence-corrected chi connectivity index (χ0v) is 15.3. The lowest BCUT2D eigenvalue weighted by Gasteiger charge is -2.37. The lowest BCUT2D eigenvalue weighted by atomic mass is 9.83. The van der Waals surface area contributed by atoms with Gasteiger partial charge in [0.1, 0.15) is 0 Å². The maximum Gasteiger partial charge on any atom is 0.183 e. The molecule has 0 aliphatic carbocycles. The number of hydrogen-bond donors (Lipinski definition) is 0. The summed E-state index contributed by atoms with van der Waals surface area (Å²) in [5, 5.41) is 0. The van der Waals surface area contributed by atoms with Crippen molar-refractivity contribution in [2.24, 2.45) is 0 Å². The standard InChI is InChI=1S/C19H31N3O/c1-6-19(7-2,20(3)4)18(23)16-8-10-17(11-9-16)22-14-12-21(5)13-15-22/h8-11H,6-7,12-15H2,1-5H3. The molecule has 4 heteroatoms. The highest BCUT2D eigenvalue weighted by Crippen LogP contribution is 2.27. The SMILES string of the molecule is CCC(CC)(C(=O)c1ccc(N2CCN(C)CC2)cc1)N(C)C. The van der Waals surface area contributed by atoms with E-state index in [4.69, 9.17) is 0 Å². The van der Waals surface area contributed by atoms with Crippen molar-refractivity contribution < 1.29 is 4.79 Å². The first-order valence-electron chi connectivity index (χ1n) is 8.70. The highest BCUT2D eigenvalue weighted by molar-refractivity contribution is 6.03. The van der Waals surface area contributed by atoms with Crippen molar-refractivity contribution in [1.82, 2.24) is 9.80 Å². The number of carbonyl (C=O) groups excluding carboxylic acids is 1. The molecule has 0 aromatic heterocycles. The second-order valence-corrected chi connectivity index (χ2v) is 6.80. The molecule has 1 aliphatic heterocycles. The van der Waals surface area contributed by atoms with Crippen LogP contribution in [0.5, 0.6) is 0 Å². The first-order valence-corrected chi connectivity index (χ1v) is 8.70. The molecule has 1 heterocycles. The van der Waals surface area contributed by atoms with Gasteiger partial charge < -0.3 is 9.80 Å². The van der Waals surface area contributed by atoms with Gasteiger partial charge in [-0.25, -0.2) is 0 Å². The number of Topliss-reactive ketones (excluding diaryl/α,β-unsaturated/α-hetero) is 1. The molecule has 0 atom stereocenters. The van der Waals surface area contributed by atoms with E-state index in [2.05, 4.69) is 47.7 Å². The summed E-state index contributed by atoms with van der Waals surface area (Å²) < 4.78 is 0. The van der Waals surface area contributed by atoms with Crippen molar-refractivity contribution in [1.29, 1.82) is 0 Å². The van der Waals surface area contributed by atoms with Gasteiger partial charge >= 0.3 is 0 Å². The Balaban J connectivity index is 2.17. The van der Waals surface area contributed by atoms with Crippen LogP contribution in [0.15, 0.2) is 24.3 Å². The number of carbonyl (C=O) groups is 1. The zero-order valence-electron chi connectivity index (χ0n) is 15.3. The molecular formula is C19H31N3O. The molecule has 1 aliphatic rings. The first-order chi connectivity index (χ1) is 10.9. The highest BCUT2D eigenvalue weighted by atomic mass is 16.1. The van der Waals surface area contributed by atoms with E-state index in [1.54, 1.807) is 0 Å². The van der Waals surface area contributed by atoms with Crippen molar-refractivity contribution >= 4 is 11.5 Å². The zero-order chi connectivity index (χ0) is 17.0. The molecule has 23 heavy (non-hydrogen) atoms. The summed E-state index contributed by atoms with van der Waals surface area (Å²) in [7, 11) is 6.17. The number of likely N-dealkylation sites (N-methyl/N-ethyl adjacent to an activating group) is 2. The molecule has 1 aromatic carbocycles. The fourth-order valence-corrected chi connectivity index (χ4v) is 3.56. The van der Waals surface area contributed by atoms with Crippen molar-refractivity contribution in [3.8, 4) is 0 Å². The predicted molar refractivity (Wildman–Crippen MR) is 97.5 cm³/mol. The Kier molecular flexibility index (Phi) is 5.82. The quantitative estimate of drug-likeness (QED) is 0.754. The summed E-state index contributed by atoms with van der Waals surface area (Å²) in [4.78, 5) is 19.9. The van der Waals surface area contributed by atoms with E-state index in [0.29, 0.717) is 0 Å². The number of ketones is 1. The molecule has 0 radical (unpaired) electrons. The lowest BCUT2D eigenvalue weighted by Crippen LogP contribution is -2.50. The average molecular weight is 317 g/mol. The van der Waals surface area contributed by atoms with Gasteiger partial charge in [-0.1, -0.05) is 13.8 Å². The monoisotopic (exact) mass is 317 g/mol. The predicted octanol–water partition coefficient (Wildman–Crippen LogP) is 2.74. The molecule has 2 rings (SSSR count). The fraction of sp³-hybridized carbons (Fsp3) is 0.632. The Morgan fingerprint density at radius 1 is 1.04 bits per heavy atom. The molecular weight excluding hydrogens is 286 g/mol. The van der Waals surface area contributed by atoms with Crippen LogP contribution >= 0.6 is 0 Å². The van der Waals surface area contributed by atoms with E-state index in [1.807, 2.05) is 26.2 Å². The highest BCUT2D eigenvalue weighted by Gasteiger charge is 2.37. The van der Waals surface area contributed by atoms with Gasteiger partial charge in [-0.05, 0) is 58.3 Å².